The Morgan fingerprint density at radius 1 is 1.33 bits per heavy atom. The molecule has 3 N–H and O–H groups in total. The first-order valence-corrected chi connectivity index (χ1v) is 7.50. The van der Waals surface area contributed by atoms with Crippen molar-refractivity contribution in [1.29, 1.82) is 0 Å². The quantitative estimate of drug-likeness (QED) is 0.777. The lowest BCUT2D eigenvalue weighted by Crippen LogP contribution is -2.50. The summed E-state index contributed by atoms with van der Waals surface area (Å²) in [6.45, 7) is -0.129. The van der Waals surface area contributed by atoms with Crippen LogP contribution in [0.15, 0.2) is 30.3 Å². The molecule has 21 heavy (non-hydrogen) atoms. The van der Waals surface area contributed by atoms with Gasteiger partial charge in [-0.1, -0.05) is 43.2 Å². The Kier molecular flexibility index (Phi) is 6.02. The van der Waals surface area contributed by atoms with Crippen molar-refractivity contribution in [2.45, 2.75) is 43.9 Å². The second-order valence-corrected chi connectivity index (χ2v) is 5.43. The fraction of sp³-hybridized carbons (Fsp3) is 0.562. The smallest absolute Gasteiger partial charge is 0.315 e. The van der Waals surface area contributed by atoms with Gasteiger partial charge in [0.25, 0.3) is 0 Å². The van der Waals surface area contributed by atoms with Gasteiger partial charge in [-0.15, -0.1) is 0 Å². The van der Waals surface area contributed by atoms with Gasteiger partial charge < -0.3 is 20.5 Å². The zero-order chi connectivity index (χ0) is 15.1. The average Bonchev–Trinajstić information content (AvgIpc) is 2.54. The molecule has 5 nitrogen and oxygen atoms in total. The second-order valence-electron chi connectivity index (χ2n) is 5.43. The summed E-state index contributed by atoms with van der Waals surface area (Å²) in [6.07, 6.45) is 4.23. The second kappa shape index (κ2) is 8.00. The molecule has 2 rings (SSSR count). The summed E-state index contributed by atoms with van der Waals surface area (Å²) >= 11 is 0. The van der Waals surface area contributed by atoms with Crippen molar-refractivity contribution in [2.75, 3.05) is 13.7 Å². The van der Waals surface area contributed by atoms with Gasteiger partial charge in [0.05, 0.1) is 24.8 Å². The van der Waals surface area contributed by atoms with E-state index in [4.69, 9.17) is 4.74 Å². The van der Waals surface area contributed by atoms with E-state index < -0.39 is 6.04 Å². The monoisotopic (exact) mass is 292 g/mol. The number of rotatable bonds is 5. The van der Waals surface area contributed by atoms with E-state index in [9.17, 15) is 9.90 Å². The van der Waals surface area contributed by atoms with Crippen LogP contribution in [0.1, 0.15) is 37.3 Å². The SMILES string of the molecule is COC1CCCCC1NC(=O)NC(CO)c1ccccc1. The molecule has 0 aliphatic heterocycles. The summed E-state index contributed by atoms with van der Waals surface area (Å²) in [6, 6.07) is 8.85. The van der Waals surface area contributed by atoms with Gasteiger partial charge in [0.2, 0.25) is 0 Å². The van der Waals surface area contributed by atoms with Gasteiger partial charge in [-0.25, -0.2) is 4.79 Å². The maximum Gasteiger partial charge on any atom is 0.315 e. The zero-order valence-corrected chi connectivity index (χ0v) is 12.4. The van der Waals surface area contributed by atoms with Gasteiger partial charge in [-0.2, -0.15) is 0 Å². The molecule has 116 valence electrons. The van der Waals surface area contributed by atoms with Gasteiger partial charge in [-0.05, 0) is 18.4 Å². The molecule has 1 aromatic rings. The Morgan fingerprint density at radius 3 is 2.71 bits per heavy atom. The normalized spacial score (nSPS) is 23.3. The molecule has 1 aliphatic carbocycles. The molecule has 2 amide bonds. The van der Waals surface area contributed by atoms with Gasteiger partial charge in [0.15, 0.2) is 0 Å². The van der Waals surface area contributed by atoms with Crippen molar-refractivity contribution in [1.82, 2.24) is 10.6 Å². The standard InChI is InChI=1S/C16H24N2O3/c1-21-15-10-6-5-9-13(15)17-16(20)18-14(11-19)12-7-3-2-4-8-12/h2-4,7-8,13-15,19H,5-6,9-11H2,1H3,(H2,17,18,20). The number of nitrogens with one attached hydrogen (secondary N) is 2. The first kappa shape index (κ1) is 15.8. The molecule has 5 heteroatoms. The first-order valence-electron chi connectivity index (χ1n) is 7.50. The van der Waals surface area contributed by atoms with Gasteiger partial charge >= 0.3 is 6.03 Å². The number of ether oxygens (including phenoxy) is 1. The molecule has 1 aromatic carbocycles. The van der Waals surface area contributed by atoms with Crippen molar-refractivity contribution in [3.63, 3.8) is 0 Å². The van der Waals surface area contributed by atoms with Gasteiger partial charge in [0.1, 0.15) is 0 Å². The van der Waals surface area contributed by atoms with E-state index in [2.05, 4.69) is 10.6 Å². The number of aliphatic hydroxyl groups is 1. The van der Waals surface area contributed by atoms with Crippen molar-refractivity contribution < 1.29 is 14.6 Å². The number of aliphatic hydroxyl groups excluding tert-OH is 1. The van der Waals surface area contributed by atoms with Crippen LogP contribution in [0.5, 0.6) is 0 Å². The third kappa shape index (κ3) is 4.44. The van der Waals surface area contributed by atoms with Crippen molar-refractivity contribution in [2.24, 2.45) is 0 Å². The minimum Gasteiger partial charge on any atom is -0.394 e. The van der Waals surface area contributed by atoms with Crippen LogP contribution in [0.3, 0.4) is 0 Å². The Bertz CT molecular complexity index is 438. The van der Waals surface area contributed by atoms with Crippen LogP contribution in [0, 0.1) is 0 Å². The number of methoxy groups -OCH3 is 1. The Labute approximate surface area is 125 Å². The van der Waals surface area contributed by atoms with E-state index in [0.29, 0.717) is 0 Å². The molecular weight excluding hydrogens is 268 g/mol. The summed E-state index contributed by atoms with van der Waals surface area (Å²) in [7, 11) is 1.68. The molecule has 0 aromatic heterocycles. The van der Waals surface area contributed by atoms with Gasteiger partial charge in [0, 0.05) is 7.11 Å². The number of hydrogen-bond acceptors (Lipinski definition) is 3. The zero-order valence-electron chi connectivity index (χ0n) is 12.4. The highest BCUT2D eigenvalue weighted by molar-refractivity contribution is 5.74. The highest BCUT2D eigenvalue weighted by atomic mass is 16.5. The van der Waals surface area contributed by atoms with E-state index in [0.717, 1.165) is 31.2 Å². The summed E-state index contributed by atoms with van der Waals surface area (Å²) in [5.41, 5.74) is 0.891. The minimum atomic E-state index is -0.393. The molecular formula is C16H24N2O3. The lowest BCUT2D eigenvalue weighted by molar-refractivity contribution is 0.0449. The molecule has 3 atom stereocenters. The lowest BCUT2D eigenvalue weighted by atomic mass is 9.92. The van der Waals surface area contributed by atoms with Crippen molar-refractivity contribution in [3.05, 3.63) is 35.9 Å². The van der Waals surface area contributed by atoms with Crippen molar-refractivity contribution >= 4 is 6.03 Å². The molecule has 0 heterocycles. The molecule has 1 fully saturated rings. The maximum absolute atomic E-state index is 12.1. The number of urea groups is 1. The third-order valence-corrected chi connectivity index (χ3v) is 4.01. The predicted octanol–water partition coefficient (Wildman–Crippen LogP) is 1.98. The number of carbonyl (C=O) groups is 1. The van der Waals surface area contributed by atoms with E-state index in [1.165, 1.54) is 0 Å². The third-order valence-electron chi connectivity index (χ3n) is 4.01. The molecule has 3 unspecified atom stereocenters. The number of hydrogen-bond donors (Lipinski definition) is 3. The fourth-order valence-corrected chi connectivity index (χ4v) is 2.83. The molecule has 1 aliphatic rings. The van der Waals surface area contributed by atoms with E-state index in [1.54, 1.807) is 7.11 Å². The Morgan fingerprint density at radius 2 is 2.05 bits per heavy atom. The largest absolute Gasteiger partial charge is 0.394 e. The molecule has 1 saturated carbocycles. The molecule has 0 radical (unpaired) electrons. The molecule has 0 bridgehead atoms. The van der Waals surface area contributed by atoms with Crippen LogP contribution in [0.4, 0.5) is 4.79 Å². The molecule has 0 saturated heterocycles. The fourth-order valence-electron chi connectivity index (χ4n) is 2.83. The van der Waals surface area contributed by atoms with Gasteiger partial charge in [-0.3, -0.25) is 0 Å². The highest BCUT2D eigenvalue weighted by Crippen LogP contribution is 2.21. The summed E-state index contributed by atoms with van der Waals surface area (Å²) in [5, 5.41) is 15.3. The predicted molar refractivity (Wildman–Crippen MR) is 81.0 cm³/mol. The van der Waals surface area contributed by atoms with Crippen LogP contribution in [-0.2, 0) is 4.74 Å². The molecule has 0 spiro atoms. The first-order chi connectivity index (χ1) is 10.2. The number of carbonyl (C=O) groups excluding carboxylic acids is 1. The van der Waals surface area contributed by atoms with Crippen LogP contribution in [0.2, 0.25) is 0 Å². The lowest BCUT2D eigenvalue weighted by Gasteiger charge is -2.31. The van der Waals surface area contributed by atoms with Crippen LogP contribution in [-0.4, -0.2) is 37.0 Å². The minimum absolute atomic E-state index is 0.0406. The summed E-state index contributed by atoms with van der Waals surface area (Å²) < 4.78 is 5.43. The number of amides is 2. The van der Waals surface area contributed by atoms with E-state index >= 15 is 0 Å². The summed E-state index contributed by atoms with van der Waals surface area (Å²) in [5.74, 6) is 0. The number of benzene rings is 1. The topological polar surface area (TPSA) is 70.6 Å². The highest BCUT2D eigenvalue weighted by Gasteiger charge is 2.26. The Hall–Kier alpha value is -1.59. The van der Waals surface area contributed by atoms with E-state index in [1.807, 2.05) is 30.3 Å². The van der Waals surface area contributed by atoms with Crippen LogP contribution in [0.25, 0.3) is 0 Å². The average molecular weight is 292 g/mol. The van der Waals surface area contributed by atoms with Crippen LogP contribution < -0.4 is 10.6 Å². The summed E-state index contributed by atoms with van der Waals surface area (Å²) in [4.78, 5) is 12.1. The van der Waals surface area contributed by atoms with Crippen LogP contribution >= 0.6 is 0 Å². The van der Waals surface area contributed by atoms with Crippen molar-refractivity contribution in [3.8, 4) is 0 Å². The Balaban J connectivity index is 1.90. The van der Waals surface area contributed by atoms with E-state index in [-0.39, 0.29) is 24.8 Å². The maximum atomic E-state index is 12.1.